The number of aryl methyl sites for hydroxylation is 2. The Morgan fingerprint density at radius 1 is 1.20 bits per heavy atom. The van der Waals surface area contributed by atoms with Gasteiger partial charge in [-0.2, -0.15) is 5.26 Å². The molecule has 1 aliphatic carbocycles. The highest BCUT2D eigenvalue weighted by atomic mass is 16.5. The topological polar surface area (TPSA) is 75.8 Å². The van der Waals surface area contributed by atoms with Crippen molar-refractivity contribution in [1.82, 2.24) is 19.9 Å². The molecule has 2 bridgehead atoms. The van der Waals surface area contributed by atoms with Gasteiger partial charge in [-0.3, -0.25) is 0 Å². The Morgan fingerprint density at radius 3 is 2.73 bits per heavy atom. The lowest BCUT2D eigenvalue weighted by Crippen LogP contribution is -2.38. The van der Waals surface area contributed by atoms with Crippen LogP contribution in [-0.2, 0) is 7.05 Å². The van der Waals surface area contributed by atoms with Gasteiger partial charge in [-0.25, -0.2) is 9.97 Å². The number of aromatic nitrogens is 3. The predicted octanol–water partition coefficient (Wildman–Crippen LogP) is 3.83. The average molecular weight is 402 g/mol. The molecule has 0 amide bonds. The molecular weight excluding hydrogens is 374 g/mol. The number of ether oxygens (including phenoxy) is 1. The number of benzene rings is 1. The van der Waals surface area contributed by atoms with Gasteiger partial charge in [0.05, 0.1) is 12.3 Å². The van der Waals surface area contributed by atoms with Gasteiger partial charge >= 0.3 is 0 Å². The van der Waals surface area contributed by atoms with Crippen molar-refractivity contribution < 1.29 is 4.74 Å². The first-order valence-corrected chi connectivity index (χ1v) is 10.8. The number of fused-ring (bicyclic) bond motifs is 3. The summed E-state index contributed by atoms with van der Waals surface area (Å²) < 4.78 is 8.10. The first kappa shape index (κ1) is 19.1. The third kappa shape index (κ3) is 3.33. The summed E-state index contributed by atoms with van der Waals surface area (Å²) in [6.07, 6.45) is 5.82. The Morgan fingerprint density at radius 2 is 2.00 bits per heavy atom. The molecular formula is C24H27N5O. The second kappa shape index (κ2) is 7.73. The van der Waals surface area contributed by atoms with Gasteiger partial charge in [0.1, 0.15) is 17.5 Å². The van der Waals surface area contributed by atoms with Crippen LogP contribution in [0.15, 0.2) is 30.5 Å². The fourth-order valence-electron chi connectivity index (χ4n) is 5.34. The van der Waals surface area contributed by atoms with Crippen LogP contribution in [-0.4, -0.2) is 34.2 Å². The van der Waals surface area contributed by atoms with Crippen molar-refractivity contribution in [2.45, 2.75) is 26.2 Å². The van der Waals surface area contributed by atoms with Crippen molar-refractivity contribution in [3.05, 3.63) is 41.9 Å². The van der Waals surface area contributed by atoms with E-state index in [9.17, 15) is 5.26 Å². The standard InChI is InChI=1S/C24H27N5O/c1-15-11-16(23-20-7-9-29(2)24(20)28-22(12-25)27-23)5-6-21(15)30-10-8-19-17-3-4-18(19)14-26-13-17/h5-7,9,11,17-19,26H,3-4,8,10,13-14H2,1-2H3. The second-order valence-corrected chi connectivity index (χ2v) is 8.71. The molecule has 2 aliphatic rings. The Hall–Kier alpha value is -2.91. The van der Waals surface area contributed by atoms with Crippen LogP contribution >= 0.6 is 0 Å². The molecule has 2 fully saturated rings. The Balaban J connectivity index is 1.34. The molecule has 1 aromatic carbocycles. The summed E-state index contributed by atoms with van der Waals surface area (Å²) in [4.78, 5) is 8.83. The maximum atomic E-state index is 9.33. The van der Waals surface area contributed by atoms with Gasteiger partial charge in [-0.05, 0) is 86.9 Å². The zero-order valence-corrected chi connectivity index (χ0v) is 17.6. The summed E-state index contributed by atoms with van der Waals surface area (Å²) in [6.45, 7) is 5.19. The molecule has 30 heavy (non-hydrogen) atoms. The van der Waals surface area contributed by atoms with Gasteiger partial charge in [-0.15, -0.1) is 0 Å². The van der Waals surface area contributed by atoms with E-state index in [4.69, 9.17) is 4.74 Å². The molecule has 2 unspecified atom stereocenters. The van der Waals surface area contributed by atoms with Crippen molar-refractivity contribution in [3.8, 4) is 23.1 Å². The van der Waals surface area contributed by atoms with Crippen molar-refractivity contribution in [2.75, 3.05) is 19.7 Å². The minimum Gasteiger partial charge on any atom is -0.493 e. The quantitative estimate of drug-likeness (QED) is 0.703. The Kier molecular flexibility index (Phi) is 4.92. The van der Waals surface area contributed by atoms with E-state index in [0.717, 1.165) is 64.4 Å². The first-order chi connectivity index (χ1) is 14.6. The fraction of sp³-hybridized carbons (Fsp3) is 0.458. The molecule has 6 nitrogen and oxygen atoms in total. The number of nitrogens with zero attached hydrogens (tertiary/aromatic N) is 4. The zero-order valence-electron chi connectivity index (χ0n) is 17.6. The molecule has 2 atom stereocenters. The molecule has 1 saturated carbocycles. The highest BCUT2D eigenvalue weighted by molar-refractivity contribution is 5.91. The Labute approximate surface area is 176 Å². The minimum absolute atomic E-state index is 0.189. The van der Waals surface area contributed by atoms with E-state index < -0.39 is 0 Å². The molecule has 154 valence electrons. The Bertz CT molecular complexity index is 1110. The maximum absolute atomic E-state index is 9.33. The number of piperidine rings is 1. The van der Waals surface area contributed by atoms with Gasteiger partial charge < -0.3 is 14.6 Å². The van der Waals surface area contributed by atoms with Crippen molar-refractivity contribution in [1.29, 1.82) is 5.26 Å². The molecule has 5 rings (SSSR count). The van der Waals surface area contributed by atoms with E-state index in [-0.39, 0.29) is 5.82 Å². The highest BCUT2D eigenvalue weighted by Crippen LogP contribution is 2.41. The van der Waals surface area contributed by atoms with Gasteiger partial charge in [0, 0.05) is 24.2 Å². The summed E-state index contributed by atoms with van der Waals surface area (Å²) in [6, 6.07) is 10.2. The van der Waals surface area contributed by atoms with Crippen molar-refractivity contribution in [3.63, 3.8) is 0 Å². The number of nitriles is 1. The smallest absolute Gasteiger partial charge is 0.234 e. The maximum Gasteiger partial charge on any atom is 0.234 e. The van der Waals surface area contributed by atoms with E-state index in [1.165, 1.54) is 25.9 Å². The molecule has 2 aromatic heterocycles. The monoisotopic (exact) mass is 401 g/mol. The van der Waals surface area contributed by atoms with Crippen LogP contribution < -0.4 is 10.1 Å². The van der Waals surface area contributed by atoms with E-state index in [0.29, 0.717) is 0 Å². The lowest BCUT2D eigenvalue weighted by molar-refractivity contribution is 0.188. The van der Waals surface area contributed by atoms with Crippen molar-refractivity contribution >= 4 is 11.0 Å². The number of hydrogen-bond acceptors (Lipinski definition) is 5. The lowest BCUT2D eigenvalue weighted by atomic mass is 9.84. The third-order valence-corrected chi connectivity index (χ3v) is 6.91. The SMILES string of the molecule is Cc1cc(-c2nc(C#N)nc3c2ccn3C)ccc1OCCC1C2CCC1CNC2. The summed E-state index contributed by atoms with van der Waals surface area (Å²) in [5.41, 5.74) is 3.62. The molecule has 0 radical (unpaired) electrons. The van der Waals surface area contributed by atoms with Crippen LogP contribution in [0.25, 0.3) is 22.3 Å². The highest BCUT2D eigenvalue weighted by Gasteiger charge is 2.38. The summed E-state index contributed by atoms with van der Waals surface area (Å²) >= 11 is 0. The molecule has 0 spiro atoms. The van der Waals surface area contributed by atoms with Gasteiger partial charge in [0.2, 0.25) is 5.82 Å². The number of rotatable bonds is 5. The van der Waals surface area contributed by atoms with E-state index in [2.05, 4.69) is 34.3 Å². The van der Waals surface area contributed by atoms with Crippen LogP contribution in [0.2, 0.25) is 0 Å². The van der Waals surface area contributed by atoms with E-state index >= 15 is 0 Å². The minimum atomic E-state index is 0.189. The van der Waals surface area contributed by atoms with Crippen LogP contribution in [0.4, 0.5) is 0 Å². The fourth-order valence-corrected chi connectivity index (χ4v) is 5.34. The first-order valence-electron chi connectivity index (χ1n) is 10.8. The number of hydrogen-bond donors (Lipinski definition) is 1. The van der Waals surface area contributed by atoms with Gasteiger partial charge in [0.15, 0.2) is 0 Å². The molecule has 1 saturated heterocycles. The molecule has 3 aromatic rings. The van der Waals surface area contributed by atoms with Gasteiger partial charge in [-0.1, -0.05) is 0 Å². The molecule has 1 aliphatic heterocycles. The summed E-state index contributed by atoms with van der Waals surface area (Å²) in [5, 5.41) is 13.8. The van der Waals surface area contributed by atoms with Crippen LogP contribution in [0.3, 0.4) is 0 Å². The van der Waals surface area contributed by atoms with E-state index in [1.54, 1.807) is 0 Å². The van der Waals surface area contributed by atoms with Crippen LogP contribution in [0.5, 0.6) is 5.75 Å². The molecule has 1 N–H and O–H groups in total. The van der Waals surface area contributed by atoms with Crippen LogP contribution in [0.1, 0.15) is 30.7 Å². The van der Waals surface area contributed by atoms with Crippen LogP contribution in [0, 0.1) is 36.0 Å². The van der Waals surface area contributed by atoms with E-state index in [1.807, 2.05) is 36.0 Å². The molecule has 6 heteroatoms. The van der Waals surface area contributed by atoms with Gasteiger partial charge in [0.25, 0.3) is 0 Å². The zero-order chi connectivity index (χ0) is 20.7. The number of nitrogens with one attached hydrogen (secondary N) is 1. The summed E-state index contributed by atoms with van der Waals surface area (Å²) in [5.74, 6) is 3.59. The average Bonchev–Trinajstić information content (AvgIpc) is 3.22. The van der Waals surface area contributed by atoms with Crippen molar-refractivity contribution in [2.24, 2.45) is 24.8 Å². The molecule has 3 heterocycles. The third-order valence-electron chi connectivity index (χ3n) is 6.91. The lowest BCUT2D eigenvalue weighted by Gasteiger charge is -2.30. The normalized spacial score (nSPS) is 22.9. The summed E-state index contributed by atoms with van der Waals surface area (Å²) in [7, 11) is 1.93. The largest absolute Gasteiger partial charge is 0.493 e. The predicted molar refractivity (Wildman–Crippen MR) is 116 cm³/mol. The second-order valence-electron chi connectivity index (χ2n) is 8.71.